The van der Waals surface area contributed by atoms with Gasteiger partial charge in [-0.15, -0.1) is 0 Å². The summed E-state index contributed by atoms with van der Waals surface area (Å²) in [5.41, 5.74) is 1.25. The van der Waals surface area contributed by atoms with E-state index in [9.17, 15) is 18.0 Å². The SMILES string of the molecule is C=C(C)N1c2ccc(C(F)(F)F)cc2C(Nc2ncc(OCCCC(=O)O)cn2)CC1CC. The zero-order valence-corrected chi connectivity index (χ0v) is 18.5. The van der Waals surface area contributed by atoms with Gasteiger partial charge in [0.25, 0.3) is 0 Å². The number of anilines is 2. The molecule has 7 nitrogen and oxygen atoms in total. The molecule has 0 aliphatic carbocycles. The van der Waals surface area contributed by atoms with Crippen LogP contribution >= 0.6 is 0 Å². The number of alkyl halides is 3. The first-order valence-electron chi connectivity index (χ1n) is 10.7. The van der Waals surface area contributed by atoms with Crippen molar-refractivity contribution < 1.29 is 27.8 Å². The topological polar surface area (TPSA) is 87.6 Å². The summed E-state index contributed by atoms with van der Waals surface area (Å²) >= 11 is 0. The van der Waals surface area contributed by atoms with Crippen LogP contribution in [0.3, 0.4) is 0 Å². The van der Waals surface area contributed by atoms with Gasteiger partial charge in [0, 0.05) is 23.8 Å². The van der Waals surface area contributed by atoms with Crippen LogP contribution in [0.2, 0.25) is 0 Å². The minimum absolute atomic E-state index is 0.00128. The van der Waals surface area contributed by atoms with E-state index in [0.29, 0.717) is 29.8 Å². The molecule has 178 valence electrons. The first kappa shape index (κ1) is 24.3. The highest BCUT2D eigenvalue weighted by Gasteiger charge is 2.36. The number of hydrogen-bond donors (Lipinski definition) is 2. The maximum Gasteiger partial charge on any atom is 0.416 e. The van der Waals surface area contributed by atoms with Gasteiger partial charge in [0.05, 0.1) is 30.6 Å². The number of carbonyl (C=O) groups is 1. The standard InChI is InChI=1S/C23H27F3N4O3/c1-4-16-11-19(29-22-27-12-17(13-28-22)33-9-5-6-21(31)32)18-10-15(23(24,25)26)7-8-20(18)30(16)14(2)3/h7-8,10,12-13,16,19H,2,4-6,9,11H2,1,3H3,(H,31,32)(H,27,28,29). The van der Waals surface area contributed by atoms with E-state index >= 15 is 0 Å². The van der Waals surface area contributed by atoms with Crippen molar-refractivity contribution in [3.05, 3.63) is 54.0 Å². The molecule has 0 saturated heterocycles. The van der Waals surface area contributed by atoms with Gasteiger partial charge in [-0.25, -0.2) is 9.97 Å². The summed E-state index contributed by atoms with van der Waals surface area (Å²) in [5, 5.41) is 11.8. The van der Waals surface area contributed by atoms with Gasteiger partial charge < -0.3 is 20.1 Å². The van der Waals surface area contributed by atoms with Crippen molar-refractivity contribution in [3.63, 3.8) is 0 Å². The molecule has 0 bridgehead atoms. The molecule has 2 aromatic rings. The minimum atomic E-state index is -4.45. The highest BCUT2D eigenvalue weighted by atomic mass is 19.4. The smallest absolute Gasteiger partial charge is 0.416 e. The fraction of sp³-hybridized carbons (Fsp3) is 0.435. The first-order valence-corrected chi connectivity index (χ1v) is 10.7. The second-order valence-corrected chi connectivity index (χ2v) is 7.96. The molecule has 2 unspecified atom stereocenters. The van der Waals surface area contributed by atoms with E-state index in [2.05, 4.69) is 21.9 Å². The van der Waals surface area contributed by atoms with Gasteiger partial charge in [-0.3, -0.25) is 4.79 Å². The summed E-state index contributed by atoms with van der Waals surface area (Å²) in [7, 11) is 0. The average molecular weight is 464 g/mol. The van der Waals surface area contributed by atoms with Crippen LogP contribution in [-0.4, -0.2) is 33.7 Å². The van der Waals surface area contributed by atoms with Gasteiger partial charge in [-0.05, 0) is 49.9 Å². The average Bonchev–Trinajstić information content (AvgIpc) is 2.76. The Hall–Kier alpha value is -3.30. The molecule has 33 heavy (non-hydrogen) atoms. The Morgan fingerprint density at radius 2 is 2.03 bits per heavy atom. The predicted octanol–water partition coefficient (Wildman–Crippen LogP) is 5.41. The third-order valence-corrected chi connectivity index (χ3v) is 5.48. The molecular weight excluding hydrogens is 437 g/mol. The second-order valence-electron chi connectivity index (χ2n) is 7.96. The van der Waals surface area contributed by atoms with Crippen LogP contribution < -0.4 is 15.0 Å². The molecule has 0 saturated carbocycles. The molecular formula is C23H27F3N4O3. The fourth-order valence-corrected chi connectivity index (χ4v) is 3.97. The monoisotopic (exact) mass is 464 g/mol. The number of carboxylic acid groups (broad SMARTS) is 1. The lowest BCUT2D eigenvalue weighted by Crippen LogP contribution is -2.40. The lowest BCUT2D eigenvalue weighted by molar-refractivity contribution is -0.138. The van der Waals surface area contributed by atoms with Gasteiger partial charge in [-0.1, -0.05) is 13.5 Å². The van der Waals surface area contributed by atoms with Crippen molar-refractivity contribution in [1.82, 2.24) is 9.97 Å². The van der Waals surface area contributed by atoms with Gasteiger partial charge in [0.15, 0.2) is 5.75 Å². The lowest BCUT2D eigenvalue weighted by Gasteiger charge is -2.42. The van der Waals surface area contributed by atoms with E-state index in [1.807, 2.05) is 18.7 Å². The Morgan fingerprint density at radius 3 is 2.61 bits per heavy atom. The molecule has 3 rings (SSSR count). The first-order chi connectivity index (χ1) is 15.6. The maximum atomic E-state index is 13.4. The Morgan fingerprint density at radius 1 is 1.33 bits per heavy atom. The van der Waals surface area contributed by atoms with Crippen LogP contribution in [0.5, 0.6) is 5.75 Å². The van der Waals surface area contributed by atoms with Crippen LogP contribution in [0, 0.1) is 0 Å². The molecule has 0 amide bonds. The largest absolute Gasteiger partial charge is 0.490 e. The number of ether oxygens (including phenoxy) is 1. The number of aromatic nitrogens is 2. The molecule has 1 aromatic carbocycles. The number of aliphatic carboxylic acids is 1. The van der Waals surface area contributed by atoms with Crippen molar-refractivity contribution in [3.8, 4) is 5.75 Å². The van der Waals surface area contributed by atoms with E-state index in [1.54, 1.807) is 0 Å². The molecule has 0 spiro atoms. The van der Waals surface area contributed by atoms with Crippen molar-refractivity contribution in [2.24, 2.45) is 0 Å². The van der Waals surface area contributed by atoms with Crippen LogP contribution in [-0.2, 0) is 11.0 Å². The van der Waals surface area contributed by atoms with E-state index < -0.39 is 23.8 Å². The Bertz CT molecular complexity index is 995. The zero-order valence-electron chi connectivity index (χ0n) is 18.5. The highest BCUT2D eigenvalue weighted by Crippen LogP contribution is 2.43. The summed E-state index contributed by atoms with van der Waals surface area (Å²) in [6.45, 7) is 8.10. The van der Waals surface area contributed by atoms with Crippen LogP contribution in [0.1, 0.15) is 56.7 Å². The molecule has 2 N–H and O–H groups in total. The number of rotatable bonds is 9. The number of carboxylic acids is 1. The molecule has 2 heterocycles. The van der Waals surface area contributed by atoms with E-state index in [0.717, 1.165) is 18.2 Å². The van der Waals surface area contributed by atoms with Gasteiger partial charge in [-0.2, -0.15) is 13.2 Å². The van der Waals surface area contributed by atoms with Gasteiger partial charge >= 0.3 is 12.1 Å². The number of nitrogens with one attached hydrogen (secondary N) is 1. The Kier molecular flexibility index (Phi) is 7.45. The van der Waals surface area contributed by atoms with Crippen LogP contribution in [0.15, 0.2) is 42.9 Å². The van der Waals surface area contributed by atoms with Crippen molar-refractivity contribution >= 4 is 17.6 Å². The molecule has 2 atom stereocenters. The summed E-state index contributed by atoms with van der Waals surface area (Å²) in [5.74, 6) is -0.249. The summed E-state index contributed by atoms with van der Waals surface area (Å²) in [6.07, 6.45) is 0.136. The molecule has 1 aliphatic rings. The Labute approximate surface area is 190 Å². The van der Waals surface area contributed by atoms with Crippen LogP contribution in [0.4, 0.5) is 24.8 Å². The van der Waals surface area contributed by atoms with E-state index in [-0.39, 0.29) is 25.0 Å². The van der Waals surface area contributed by atoms with Crippen molar-refractivity contribution in [2.45, 2.75) is 57.8 Å². The quantitative estimate of drug-likeness (QED) is 0.480. The summed E-state index contributed by atoms with van der Waals surface area (Å²) in [6, 6.07) is 3.40. The predicted molar refractivity (Wildman–Crippen MR) is 118 cm³/mol. The minimum Gasteiger partial charge on any atom is -0.490 e. The molecule has 1 aromatic heterocycles. The zero-order chi connectivity index (χ0) is 24.2. The number of halogens is 3. The number of fused-ring (bicyclic) bond motifs is 1. The van der Waals surface area contributed by atoms with Crippen LogP contribution in [0.25, 0.3) is 0 Å². The normalized spacial score (nSPS) is 17.9. The number of nitrogens with zero attached hydrogens (tertiary/aromatic N) is 3. The lowest BCUT2D eigenvalue weighted by atomic mass is 9.88. The second kappa shape index (κ2) is 10.1. The Balaban J connectivity index is 1.83. The van der Waals surface area contributed by atoms with E-state index in [4.69, 9.17) is 9.84 Å². The molecule has 0 fully saturated rings. The third kappa shape index (κ3) is 5.94. The van der Waals surface area contributed by atoms with E-state index in [1.165, 1.54) is 24.5 Å². The van der Waals surface area contributed by atoms with Crippen molar-refractivity contribution in [2.75, 3.05) is 16.8 Å². The molecule has 1 aliphatic heterocycles. The summed E-state index contributed by atoms with van der Waals surface area (Å²) in [4.78, 5) is 21.0. The fourth-order valence-electron chi connectivity index (χ4n) is 3.97. The maximum absolute atomic E-state index is 13.4. The summed E-state index contributed by atoms with van der Waals surface area (Å²) < 4.78 is 45.6. The number of allylic oxidation sites excluding steroid dienone is 1. The third-order valence-electron chi connectivity index (χ3n) is 5.48. The number of benzene rings is 1. The van der Waals surface area contributed by atoms with Gasteiger partial charge in [0.1, 0.15) is 0 Å². The molecule has 0 radical (unpaired) electrons. The van der Waals surface area contributed by atoms with Crippen molar-refractivity contribution in [1.29, 1.82) is 0 Å². The highest BCUT2D eigenvalue weighted by molar-refractivity contribution is 5.66. The van der Waals surface area contributed by atoms with Gasteiger partial charge in [0.2, 0.25) is 5.95 Å². The number of hydrogen-bond acceptors (Lipinski definition) is 6. The molecule has 10 heteroatoms.